The Hall–Kier alpha value is -2.60. The minimum atomic E-state index is 0.185. The first-order valence-corrected chi connectivity index (χ1v) is 11.0. The number of aryl methyl sites for hydroxylation is 2. The maximum Gasteiger partial charge on any atom is 0.227 e. The Morgan fingerprint density at radius 1 is 1.10 bits per heavy atom. The fraction of sp³-hybridized carbons (Fsp3) is 0.391. The highest BCUT2D eigenvalue weighted by molar-refractivity contribution is 7.22. The van der Waals surface area contributed by atoms with Crippen LogP contribution in [0.15, 0.2) is 36.4 Å². The predicted molar refractivity (Wildman–Crippen MR) is 119 cm³/mol. The molecule has 5 nitrogen and oxygen atoms in total. The fourth-order valence-corrected chi connectivity index (χ4v) is 4.87. The summed E-state index contributed by atoms with van der Waals surface area (Å²) in [6, 6.07) is 12.2. The highest BCUT2D eigenvalue weighted by Crippen LogP contribution is 2.32. The van der Waals surface area contributed by atoms with Gasteiger partial charge in [-0.05, 0) is 55.7 Å². The van der Waals surface area contributed by atoms with Gasteiger partial charge in [0, 0.05) is 26.2 Å². The standard InChI is InChI=1S/C23H27N3O2S/c1-4-28-19-7-5-18(6-8-19)15-21(27)25-9-11-26(12-10-25)23-24-20-14-16(2)13-17(3)22(20)29-23/h5-8,13-14H,4,9-12,15H2,1-3H3. The first kappa shape index (κ1) is 19.7. The van der Waals surface area contributed by atoms with Gasteiger partial charge in [0.05, 0.1) is 23.2 Å². The first-order chi connectivity index (χ1) is 14.0. The Balaban J connectivity index is 1.36. The summed E-state index contributed by atoms with van der Waals surface area (Å²) < 4.78 is 6.73. The summed E-state index contributed by atoms with van der Waals surface area (Å²) in [5.74, 6) is 1.03. The van der Waals surface area contributed by atoms with Crippen LogP contribution >= 0.6 is 11.3 Å². The van der Waals surface area contributed by atoms with Gasteiger partial charge >= 0.3 is 0 Å². The minimum Gasteiger partial charge on any atom is -0.494 e. The quantitative estimate of drug-likeness (QED) is 0.633. The average molecular weight is 410 g/mol. The lowest BCUT2D eigenvalue weighted by Crippen LogP contribution is -2.49. The number of amides is 1. The van der Waals surface area contributed by atoms with Crippen LogP contribution in [0.1, 0.15) is 23.6 Å². The number of hydrogen-bond donors (Lipinski definition) is 0. The van der Waals surface area contributed by atoms with Crippen molar-refractivity contribution in [1.29, 1.82) is 0 Å². The molecular formula is C23H27N3O2S. The normalized spacial score (nSPS) is 14.4. The van der Waals surface area contributed by atoms with Gasteiger partial charge in [-0.1, -0.05) is 29.5 Å². The van der Waals surface area contributed by atoms with E-state index in [0.717, 1.165) is 48.1 Å². The van der Waals surface area contributed by atoms with Gasteiger partial charge < -0.3 is 14.5 Å². The maximum atomic E-state index is 12.7. The number of carbonyl (C=O) groups excluding carboxylic acids is 1. The molecule has 1 amide bonds. The largest absolute Gasteiger partial charge is 0.494 e. The SMILES string of the molecule is CCOc1ccc(CC(=O)N2CCN(c3nc4cc(C)cc(C)c4s3)CC2)cc1. The van der Waals surface area contributed by atoms with E-state index in [9.17, 15) is 4.79 Å². The number of fused-ring (bicyclic) bond motifs is 1. The number of benzene rings is 2. The molecule has 6 heteroatoms. The molecule has 4 rings (SSSR count). The van der Waals surface area contributed by atoms with Crippen LogP contribution in [-0.2, 0) is 11.2 Å². The molecule has 3 aromatic rings. The van der Waals surface area contributed by atoms with Crippen molar-refractivity contribution in [3.05, 3.63) is 53.1 Å². The van der Waals surface area contributed by atoms with E-state index >= 15 is 0 Å². The third-order valence-electron chi connectivity index (χ3n) is 5.30. The number of carbonyl (C=O) groups is 1. The Morgan fingerprint density at radius 3 is 2.52 bits per heavy atom. The van der Waals surface area contributed by atoms with Gasteiger partial charge in [-0.2, -0.15) is 0 Å². The van der Waals surface area contributed by atoms with Crippen molar-refractivity contribution in [2.75, 3.05) is 37.7 Å². The molecule has 152 valence electrons. The van der Waals surface area contributed by atoms with E-state index in [-0.39, 0.29) is 5.91 Å². The third kappa shape index (κ3) is 4.37. The third-order valence-corrected chi connectivity index (χ3v) is 6.57. The second kappa shape index (κ2) is 8.41. The zero-order chi connectivity index (χ0) is 20.4. The number of ether oxygens (including phenoxy) is 1. The molecule has 0 atom stereocenters. The first-order valence-electron chi connectivity index (χ1n) is 10.2. The number of rotatable bonds is 5. The van der Waals surface area contributed by atoms with Crippen LogP contribution in [0.2, 0.25) is 0 Å². The van der Waals surface area contributed by atoms with E-state index in [1.807, 2.05) is 36.1 Å². The van der Waals surface area contributed by atoms with E-state index in [1.165, 1.54) is 15.8 Å². The minimum absolute atomic E-state index is 0.185. The predicted octanol–water partition coefficient (Wildman–Crippen LogP) is 4.20. The molecule has 2 heterocycles. The molecule has 0 unspecified atom stereocenters. The van der Waals surface area contributed by atoms with Crippen LogP contribution in [-0.4, -0.2) is 48.6 Å². The summed E-state index contributed by atoms with van der Waals surface area (Å²) in [4.78, 5) is 21.8. The van der Waals surface area contributed by atoms with Gasteiger partial charge in [0.1, 0.15) is 5.75 Å². The van der Waals surface area contributed by atoms with Crippen molar-refractivity contribution in [3.8, 4) is 5.75 Å². The fourth-order valence-electron chi connectivity index (χ4n) is 3.80. The van der Waals surface area contributed by atoms with Gasteiger partial charge in [-0.3, -0.25) is 4.79 Å². The summed E-state index contributed by atoms with van der Waals surface area (Å²) in [5, 5.41) is 1.06. The van der Waals surface area contributed by atoms with Crippen molar-refractivity contribution in [3.63, 3.8) is 0 Å². The van der Waals surface area contributed by atoms with E-state index in [1.54, 1.807) is 11.3 Å². The summed E-state index contributed by atoms with van der Waals surface area (Å²) in [6.07, 6.45) is 0.437. The van der Waals surface area contributed by atoms with Gasteiger partial charge in [0.15, 0.2) is 5.13 Å². The molecule has 0 spiro atoms. The number of hydrogen-bond acceptors (Lipinski definition) is 5. The monoisotopic (exact) mass is 409 g/mol. The zero-order valence-electron chi connectivity index (χ0n) is 17.3. The van der Waals surface area contributed by atoms with Crippen LogP contribution < -0.4 is 9.64 Å². The van der Waals surface area contributed by atoms with Gasteiger partial charge in [0.2, 0.25) is 5.91 Å². The van der Waals surface area contributed by atoms with Crippen LogP contribution in [0.5, 0.6) is 5.75 Å². The lowest BCUT2D eigenvalue weighted by molar-refractivity contribution is -0.130. The molecule has 1 saturated heterocycles. The van der Waals surface area contributed by atoms with Crippen LogP contribution in [0, 0.1) is 13.8 Å². The zero-order valence-corrected chi connectivity index (χ0v) is 18.1. The van der Waals surface area contributed by atoms with E-state index < -0.39 is 0 Å². The molecule has 1 fully saturated rings. The molecule has 0 bridgehead atoms. The molecule has 2 aromatic carbocycles. The van der Waals surface area contributed by atoms with Crippen molar-refractivity contribution in [1.82, 2.24) is 9.88 Å². The smallest absolute Gasteiger partial charge is 0.227 e. The van der Waals surface area contributed by atoms with Gasteiger partial charge in [-0.15, -0.1) is 0 Å². The summed E-state index contributed by atoms with van der Waals surface area (Å²) in [6.45, 7) is 10.0. The van der Waals surface area contributed by atoms with Crippen LogP contribution in [0.4, 0.5) is 5.13 Å². The summed E-state index contributed by atoms with van der Waals surface area (Å²) >= 11 is 1.76. The summed E-state index contributed by atoms with van der Waals surface area (Å²) in [5.41, 5.74) is 4.64. The van der Waals surface area contributed by atoms with E-state index in [2.05, 4.69) is 30.9 Å². The van der Waals surface area contributed by atoms with Crippen molar-refractivity contribution >= 4 is 32.6 Å². The number of thiazole rings is 1. The Labute approximate surface area is 175 Å². The van der Waals surface area contributed by atoms with Crippen LogP contribution in [0.3, 0.4) is 0 Å². The number of anilines is 1. The number of piperazine rings is 1. The molecule has 29 heavy (non-hydrogen) atoms. The van der Waals surface area contributed by atoms with Gasteiger partial charge in [-0.25, -0.2) is 4.98 Å². The Morgan fingerprint density at radius 2 is 1.83 bits per heavy atom. The molecule has 0 aliphatic carbocycles. The second-order valence-corrected chi connectivity index (χ2v) is 8.53. The maximum absolute atomic E-state index is 12.7. The second-order valence-electron chi connectivity index (χ2n) is 7.55. The molecule has 1 aromatic heterocycles. The van der Waals surface area contributed by atoms with Crippen molar-refractivity contribution in [2.24, 2.45) is 0 Å². The Kier molecular flexibility index (Phi) is 5.72. The number of nitrogens with zero attached hydrogens (tertiary/aromatic N) is 3. The van der Waals surface area contributed by atoms with Crippen LogP contribution in [0.25, 0.3) is 10.2 Å². The highest BCUT2D eigenvalue weighted by Gasteiger charge is 2.23. The van der Waals surface area contributed by atoms with Gasteiger partial charge in [0.25, 0.3) is 0 Å². The molecule has 0 radical (unpaired) electrons. The molecule has 1 aliphatic rings. The molecule has 0 N–H and O–H groups in total. The topological polar surface area (TPSA) is 45.7 Å². The summed E-state index contributed by atoms with van der Waals surface area (Å²) in [7, 11) is 0. The average Bonchev–Trinajstić information content (AvgIpc) is 3.14. The van der Waals surface area contributed by atoms with E-state index in [0.29, 0.717) is 13.0 Å². The highest BCUT2D eigenvalue weighted by atomic mass is 32.1. The lowest BCUT2D eigenvalue weighted by Gasteiger charge is -2.34. The van der Waals surface area contributed by atoms with E-state index in [4.69, 9.17) is 9.72 Å². The number of aromatic nitrogens is 1. The molecule has 1 aliphatic heterocycles. The molecule has 0 saturated carbocycles. The van der Waals surface area contributed by atoms with Crippen molar-refractivity contribution in [2.45, 2.75) is 27.2 Å². The molecular weight excluding hydrogens is 382 g/mol. The Bertz CT molecular complexity index is 1000. The van der Waals surface area contributed by atoms with Crippen molar-refractivity contribution < 1.29 is 9.53 Å². The lowest BCUT2D eigenvalue weighted by atomic mass is 10.1.